The SMILES string of the molecule is Cc1cc(C)n(-c2ccc(NCCNC(=O)C3(c4ccccc4)CCOCC3)nn2)n1. The average Bonchev–Trinajstić information content (AvgIpc) is 3.15. The van der Waals surface area contributed by atoms with E-state index in [0.29, 0.717) is 50.8 Å². The minimum atomic E-state index is -0.527. The standard InChI is InChI=1S/C23H28N6O2/c1-17-16-18(2)29(28-17)21-9-8-20(26-27-21)24-12-13-25-22(30)23(10-14-31-15-11-23)19-6-4-3-5-7-19/h3-9,16H,10-15H2,1-2H3,(H,24,26)(H,25,30). The van der Waals surface area contributed by atoms with E-state index >= 15 is 0 Å². The number of benzene rings is 1. The van der Waals surface area contributed by atoms with Crippen LogP contribution < -0.4 is 10.6 Å². The van der Waals surface area contributed by atoms with Crippen LogP contribution in [0.4, 0.5) is 5.82 Å². The molecule has 1 aromatic carbocycles. The molecule has 1 amide bonds. The molecule has 3 heterocycles. The molecule has 8 nitrogen and oxygen atoms in total. The summed E-state index contributed by atoms with van der Waals surface area (Å²) in [6.45, 7) is 6.17. The largest absolute Gasteiger partial charge is 0.381 e. The van der Waals surface area contributed by atoms with Gasteiger partial charge < -0.3 is 15.4 Å². The van der Waals surface area contributed by atoms with E-state index in [4.69, 9.17) is 4.74 Å². The van der Waals surface area contributed by atoms with Crippen molar-refractivity contribution in [2.75, 3.05) is 31.6 Å². The van der Waals surface area contributed by atoms with Crippen molar-refractivity contribution in [1.82, 2.24) is 25.3 Å². The van der Waals surface area contributed by atoms with Gasteiger partial charge in [-0.1, -0.05) is 30.3 Å². The Kier molecular flexibility index (Phi) is 6.27. The highest BCUT2D eigenvalue weighted by atomic mass is 16.5. The van der Waals surface area contributed by atoms with Gasteiger partial charge in [-0.05, 0) is 50.5 Å². The number of hydrogen-bond donors (Lipinski definition) is 2. The lowest BCUT2D eigenvalue weighted by Crippen LogP contribution is -2.49. The van der Waals surface area contributed by atoms with Gasteiger partial charge in [0.15, 0.2) is 5.82 Å². The molecule has 0 aliphatic carbocycles. The van der Waals surface area contributed by atoms with Gasteiger partial charge in [0.1, 0.15) is 5.82 Å². The zero-order chi connectivity index (χ0) is 21.7. The van der Waals surface area contributed by atoms with E-state index in [2.05, 4.69) is 25.9 Å². The summed E-state index contributed by atoms with van der Waals surface area (Å²) in [5.41, 5.74) is 2.47. The zero-order valence-electron chi connectivity index (χ0n) is 18.0. The highest BCUT2D eigenvalue weighted by Crippen LogP contribution is 2.35. The van der Waals surface area contributed by atoms with E-state index in [9.17, 15) is 4.79 Å². The molecule has 1 aliphatic rings. The van der Waals surface area contributed by atoms with Crippen molar-refractivity contribution in [2.45, 2.75) is 32.1 Å². The summed E-state index contributed by atoms with van der Waals surface area (Å²) < 4.78 is 7.28. The maximum atomic E-state index is 13.1. The van der Waals surface area contributed by atoms with Crippen LogP contribution in [0.25, 0.3) is 5.82 Å². The molecule has 1 saturated heterocycles. The second-order valence-electron chi connectivity index (χ2n) is 7.86. The Morgan fingerprint density at radius 2 is 1.84 bits per heavy atom. The van der Waals surface area contributed by atoms with Crippen molar-refractivity contribution in [2.24, 2.45) is 0 Å². The number of rotatable bonds is 7. The first-order valence-corrected chi connectivity index (χ1v) is 10.6. The first kappa shape index (κ1) is 21.0. The minimum Gasteiger partial charge on any atom is -0.381 e. The summed E-state index contributed by atoms with van der Waals surface area (Å²) in [5, 5.41) is 19.2. The summed E-state index contributed by atoms with van der Waals surface area (Å²) in [7, 11) is 0. The van der Waals surface area contributed by atoms with Gasteiger partial charge in [0.25, 0.3) is 0 Å². The molecule has 0 radical (unpaired) electrons. The highest BCUT2D eigenvalue weighted by molar-refractivity contribution is 5.88. The van der Waals surface area contributed by atoms with Crippen molar-refractivity contribution >= 4 is 11.7 Å². The van der Waals surface area contributed by atoms with Crippen LogP contribution in [0.15, 0.2) is 48.5 Å². The third-order valence-corrected chi connectivity index (χ3v) is 5.70. The van der Waals surface area contributed by atoms with Crippen LogP contribution >= 0.6 is 0 Å². The van der Waals surface area contributed by atoms with Gasteiger partial charge >= 0.3 is 0 Å². The molecule has 0 spiro atoms. The number of carbonyl (C=O) groups excluding carboxylic acids is 1. The molecule has 162 valence electrons. The van der Waals surface area contributed by atoms with E-state index in [-0.39, 0.29) is 5.91 Å². The summed E-state index contributed by atoms with van der Waals surface area (Å²) in [6.07, 6.45) is 1.38. The lowest BCUT2D eigenvalue weighted by molar-refractivity contribution is -0.130. The lowest BCUT2D eigenvalue weighted by atomic mass is 9.73. The van der Waals surface area contributed by atoms with Crippen LogP contribution in [-0.4, -0.2) is 52.2 Å². The van der Waals surface area contributed by atoms with Gasteiger partial charge in [-0.3, -0.25) is 4.79 Å². The topological polar surface area (TPSA) is 94.0 Å². The number of ether oxygens (including phenoxy) is 1. The molecule has 31 heavy (non-hydrogen) atoms. The molecule has 0 atom stereocenters. The van der Waals surface area contributed by atoms with Crippen LogP contribution in [-0.2, 0) is 14.9 Å². The Bertz CT molecular complexity index is 1010. The number of aromatic nitrogens is 4. The molecule has 1 fully saturated rings. The fourth-order valence-electron chi connectivity index (χ4n) is 4.05. The Morgan fingerprint density at radius 3 is 2.48 bits per heavy atom. The molecule has 0 saturated carbocycles. The predicted molar refractivity (Wildman–Crippen MR) is 118 cm³/mol. The van der Waals surface area contributed by atoms with E-state index in [1.807, 2.05) is 62.4 Å². The molecule has 0 unspecified atom stereocenters. The lowest BCUT2D eigenvalue weighted by Gasteiger charge is -2.36. The summed E-state index contributed by atoms with van der Waals surface area (Å²) in [5.74, 6) is 1.38. The number of amides is 1. The van der Waals surface area contributed by atoms with Crippen LogP contribution in [0.5, 0.6) is 0 Å². The molecule has 2 aromatic heterocycles. The Morgan fingerprint density at radius 1 is 1.06 bits per heavy atom. The number of nitrogens with one attached hydrogen (secondary N) is 2. The average molecular weight is 421 g/mol. The van der Waals surface area contributed by atoms with Crippen LogP contribution in [0.3, 0.4) is 0 Å². The second kappa shape index (κ2) is 9.26. The summed E-state index contributed by atoms with van der Waals surface area (Å²) >= 11 is 0. The van der Waals surface area contributed by atoms with Gasteiger partial charge in [0, 0.05) is 32.0 Å². The fraction of sp³-hybridized carbons (Fsp3) is 0.391. The van der Waals surface area contributed by atoms with Crippen molar-refractivity contribution < 1.29 is 9.53 Å². The van der Waals surface area contributed by atoms with Crippen LogP contribution in [0.1, 0.15) is 29.8 Å². The number of carbonyl (C=O) groups is 1. The van der Waals surface area contributed by atoms with Gasteiger partial charge in [0.05, 0.1) is 11.1 Å². The maximum absolute atomic E-state index is 13.1. The van der Waals surface area contributed by atoms with E-state index in [1.165, 1.54) is 0 Å². The van der Waals surface area contributed by atoms with Gasteiger partial charge in [-0.2, -0.15) is 5.10 Å². The summed E-state index contributed by atoms with van der Waals surface area (Å²) in [6, 6.07) is 15.7. The number of nitrogens with zero attached hydrogens (tertiary/aromatic N) is 4. The van der Waals surface area contributed by atoms with Crippen molar-refractivity contribution in [1.29, 1.82) is 0 Å². The predicted octanol–water partition coefficient (Wildman–Crippen LogP) is 2.56. The fourth-order valence-corrected chi connectivity index (χ4v) is 4.05. The molecule has 8 heteroatoms. The van der Waals surface area contributed by atoms with Gasteiger partial charge in [0.2, 0.25) is 5.91 Å². The van der Waals surface area contributed by atoms with E-state index in [1.54, 1.807) is 4.68 Å². The summed E-state index contributed by atoms with van der Waals surface area (Å²) in [4.78, 5) is 13.1. The van der Waals surface area contributed by atoms with Gasteiger partial charge in [-0.25, -0.2) is 4.68 Å². The minimum absolute atomic E-state index is 0.0507. The maximum Gasteiger partial charge on any atom is 0.230 e. The normalized spacial score (nSPS) is 15.4. The second-order valence-corrected chi connectivity index (χ2v) is 7.86. The highest BCUT2D eigenvalue weighted by Gasteiger charge is 2.41. The molecule has 2 N–H and O–H groups in total. The quantitative estimate of drug-likeness (QED) is 0.571. The number of aryl methyl sites for hydroxylation is 2. The van der Waals surface area contributed by atoms with Crippen molar-refractivity contribution in [3.8, 4) is 5.82 Å². The van der Waals surface area contributed by atoms with Crippen LogP contribution in [0, 0.1) is 13.8 Å². The Labute approximate surface area is 182 Å². The van der Waals surface area contributed by atoms with Crippen molar-refractivity contribution in [3.05, 3.63) is 65.5 Å². The Hall–Kier alpha value is -3.26. The number of hydrogen-bond acceptors (Lipinski definition) is 6. The third kappa shape index (κ3) is 4.59. The molecular weight excluding hydrogens is 392 g/mol. The molecule has 1 aliphatic heterocycles. The molecular formula is C23H28N6O2. The third-order valence-electron chi connectivity index (χ3n) is 5.70. The van der Waals surface area contributed by atoms with E-state index < -0.39 is 5.41 Å². The van der Waals surface area contributed by atoms with Crippen molar-refractivity contribution in [3.63, 3.8) is 0 Å². The molecule has 3 aromatic rings. The Balaban J connectivity index is 1.32. The smallest absolute Gasteiger partial charge is 0.230 e. The first-order chi connectivity index (χ1) is 15.1. The molecule has 0 bridgehead atoms. The number of anilines is 1. The first-order valence-electron chi connectivity index (χ1n) is 10.6. The monoisotopic (exact) mass is 420 g/mol. The zero-order valence-corrected chi connectivity index (χ0v) is 18.0. The van der Waals surface area contributed by atoms with E-state index in [0.717, 1.165) is 17.0 Å². The van der Waals surface area contributed by atoms with Gasteiger partial charge in [-0.15, -0.1) is 10.2 Å². The van der Waals surface area contributed by atoms with Crippen LogP contribution in [0.2, 0.25) is 0 Å². The molecule has 4 rings (SSSR count).